The van der Waals surface area contributed by atoms with Crippen LogP contribution < -0.4 is 5.73 Å². The highest BCUT2D eigenvalue weighted by molar-refractivity contribution is 5.79. The molecule has 0 saturated heterocycles. The zero-order chi connectivity index (χ0) is 22.0. The molecule has 8 nitrogen and oxygen atoms in total. The molecule has 8 heteroatoms. The number of carboxylic acid groups (broad SMARTS) is 1. The number of carbonyl (C=O) groups excluding carboxylic acids is 3. The molecule has 0 radical (unpaired) electrons. The number of ether oxygens (including phenoxy) is 2. The molecule has 0 aromatic heterocycles. The molecule has 28 heavy (non-hydrogen) atoms. The lowest BCUT2D eigenvalue weighted by Crippen LogP contribution is -2.31. The topological polar surface area (TPSA) is 133 Å². The average molecular weight is 404 g/mol. The van der Waals surface area contributed by atoms with Gasteiger partial charge < -0.3 is 20.3 Å². The van der Waals surface area contributed by atoms with Crippen molar-refractivity contribution in [1.29, 1.82) is 0 Å². The van der Waals surface area contributed by atoms with E-state index in [1.165, 1.54) is 14.2 Å². The van der Waals surface area contributed by atoms with Crippen LogP contribution in [0.15, 0.2) is 0 Å². The van der Waals surface area contributed by atoms with Crippen molar-refractivity contribution in [3.8, 4) is 0 Å². The predicted molar refractivity (Wildman–Crippen MR) is 105 cm³/mol. The molecule has 0 aromatic rings. The molecule has 0 spiro atoms. The Morgan fingerprint density at radius 3 is 1.50 bits per heavy atom. The molecule has 3 N–H and O–H groups in total. The first-order valence-electron chi connectivity index (χ1n) is 9.72. The molecule has 0 heterocycles. The lowest BCUT2D eigenvalue weighted by atomic mass is 9.86. The normalized spacial score (nSPS) is 10.4. The van der Waals surface area contributed by atoms with E-state index < -0.39 is 11.4 Å². The van der Waals surface area contributed by atoms with Gasteiger partial charge in [0.2, 0.25) is 5.91 Å². The first-order valence-corrected chi connectivity index (χ1v) is 9.72. The Hall–Kier alpha value is -2.12. The minimum atomic E-state index is -0.765. The first kappa shape index (κ1) is 28.1. The van der Waals surface area contributed by atoms with Crippen LogP contribution >= 0.6 is 0 Å². The summed E-state index contributed by atoms with van der Waals surface area (Å²) in [5, 5.41) is 8.39. The number of hydrogen-bond acceptors (Lipinski definition) is 6. The van der Waals surface area contributed by atoms with E-state index in [0.29, 0.717) is 19.3 Å². The predicted octanol–water partition coefficient (Wildman–Crippen LogP) is 3.21. The van der Waals surface area contributed by atoms with E-state index in [1.54, 1.807) is 0 Å². The van der Waals surface area contributed by atoms with Crippen molar-refractivity contribution in [1.82, 2.24) is 0 Å². The molecule has 0 fully saturated rings. The van der Waals surface area contributed by atoms with Gasteiger partial charge in [-0.05, 0) is 25.7 Å². The summed E-state index contributed by atoms with van der Waals surface area (Å²) in [4.78, 5) is 42.5. The van der Waals surface area contributed by atoms with Gasteiger partial charge in [-0.2, -0.15) is 0 Å². The summed E-state index contributed by atoms with van der Waals surface area (Å²) >= 11 is 0. The number of amides is 1. The van der Waals surface area contributed by atoms with Gasteiger partial charge in [-0.3, -0.25) is 19.2 Å². The number of unbranched alkanes of at least 4 members (excludes halogenated alkanes) is 5. The van der Waals surface area contributed by atoms with Gasteiger partial charge in [-0.1, -0.05) is 39.5 Å². The van der Waals surface area contributed by atoms with Crippen molar-refractivity contribution in [2.24, 2.45) is 11.1 Å². The standard InChI is InChI=1S/C10H19NO3.C10H18O4/c1-10(2,9(11)14)7-5-3-4-6-8(12)13;1-13-9(11)7-5-3-4-6-8-10(12)14-2/h3-7H2,1-2H3,(H2,11,14)(H,12,13);3-8H2,1-2H3. The van der Waals surface area contributed by atoms with Gasteiger partial charge in [0.1, 0.15) is 0 Å². The number of carbonyl (C=O) groups is 4. The van der Waals surface area contributed by atoms with E-state index in [0.717, 1.165) is 44.9 Å². The van der Waals surface area contributed by atoms with E-state index in [-0.39, 0.29) is 24.3 Å². The minimum absolute atomic E-state index is 0.169. The molecule has 0 aliphatic heterocycles. The summed E-state index contributed by atoms with van der Waals surface area (Å²) in [6, 6.07) is 0. The lowest BCUT2D eigenvalue weighted by Gasteiger charge is -2.19. The monoisotopic (exact) mass is 403 g/mol. The van der Waals surface area contributed by atoms with Gasteiger partial charge in [0, 0.05) is 24.7 Å². The van der Waals surface area contributed by atoms with Crippen LogP contribution in [0.4, 0.5) is 0 Å². The Bertz CT molecular complexity index is 455. The molecule has 0 aliphatic rings. The van der Waals surface area contributed by atoms with Gasteiger partial charge in [0.25, 0.3) is 0 Å². The smallest absolute Gasteiger partial charge is 0.305 e. The molecule has 164 valence electrons. The van der Waals surface area contributed by atoms with Gasteiger partial charge in [0.15, 0.2) is 0 Å². The molecule has 0 atom stereocenters. The maximum absolute atomic E-state index is 10.9. The fraction of sp³-hybridized carbons (Fsp3) is 0.800. The van der Waals surface area contributed by atoms with E-state index in [1.807, 2.05) is 13.8 Å². The Morgan fingerprint density at radius 1 is 0.750 bits per heavy atom. The summed E-state index contributed by atoms with van der Waals surface area (Å²) < 4.78 is 9.00. The van der Waals surface area contributed by atoms with Crippen LogP contribution in [0.25, 0.3) is 0 Å². The number of nitrogens with two attached hydrogens (primary N) is 1. The maximum atomic E-state index is 10.9. The Kier molecular flexibility index (Phi) is 17.1. The SMILES string of the molecule is CC(C)(CCCCCC(=O)O)C(N)=O.COC(=O)CCCCCCC(=O)OC. The van der Waals surface area contributed by atoms with Crippen LogP contribution in [-0.2, 0) is 28.7 Å². The van der Waals surface area contributed by atoms with Crippen LogP contribution in [-0.4, -0.2) is 43.1 Å². The molecule has 0 saturated carbocycles. The van der Waals surface area contributed by atoms with Gasteiger partial charge in [-0.15, -0.1) is 0 Å². The van der Waals surface area contributed by atoms with Gasteiger partial charge in [0.05, 0.1) is 14.2 Å². The Balaban J connectivity index is 0. The van der Waals surface area contributed by atoms with Gasteiger partial charge >= 0.3 is 17.9 Å². The number of rotatable bonds is 14. The maximum Gasteiger partial charge on any atom is 0.305 e. The lowest BCUT2D eigenvalue weighted by molar-refractivity contribution is -0.141. The fourth-order valence-corrected chi connectivity index (χ4v) is 2.24. The molecule has 1 amide bonds. The first-order chi connectivity index (χ1) is 13.1. The van der Waals surface area contributed by atoms with Crippen LogP contribution in [0.1, 0.15) is 84.5 Å². The zero-order valence-corrected chi connectivity index (χ0v) is 17.8. The summed E-state index contributed by atoms with van der Waals surface area (Å²) in [5.41, 5.74) is 4.73. The van der Waals surface area contributed by atoms with E-state index in [4.69, 9.17) is 10.8 Å². The summed E-state index contributed by atoms with van der Waals surface area (Å²) in [6.07, 6.45) is 7.78. The van der Waals surface area contributed by atoms with Crippen molar-refractivity contribution in [3.63, 3.8) is 0 Å². The molecule has 0 rings (SSSR count). The number of aliphatic carboxylic acids is 1. The molecule has 0 bridgehead atoms. The van der Waals surface area contributed by atoms with Gasteiger partial charge in [-0.25, -0.2) is 0 Å². The third-order valence-electron chi connectivity index (χ3n) is 4.33. The second kappa shape index (κ2) is 17.0. The highest BCUT2D eigenvalue weighted by atomic mass is 16.5. The quantitative estimate of drug-likeness (QED) is 0.336. The molecule has 0 aromatic carbocycles. The van der Waals surface area contributed by atoms with Crippen LogP contribution in [0, 0.1) is 5.41 Å². The third-order valence-corrected chi connectivity index (χ3v) is 4.33. The van der Waals surface area contributed by atoms with E-state index in [2.05, 4.69) is 9.47 Å². The molecule has 0 aliphatic carbocycles. The van der Waals surface area contributed by atoms with Crippen molar-refractivity contribution >= 4 is 23.8 Å². The number of esters is 2. The molecular formula is C20H37NO7. The van der Waals surface area contributed by atoms with Crippen LogP contribution in [0.5, 0.6) is 0 Å². The zero-order valence-electron chi connectivity index (χ0n) is 17.8. The Labute approximate surface area is 168 Å². The average Bonchev–Trinajstić information content (AvgIpc) is 2.63. The third kappa shape index (κ3) is 18.7. The summed E-state index contributed by atoms with van der Waals surface area (Å²) in [7, 11) is 2.78. The highest BCUT2D eigenvalue weighted by Gasteiger charge is 2.23. The highest BCUT2D eigenvalue weighted by Crippen LogP contribution is 2.23. The largest absolute Gasteiger partial charge is 0.481 e. The second-order valence-electron chi connectivity index (χ2n) is 7.27. The summed E-state index contributed by atoms with van der Waals surface area (Å²) in [6.45, 7) is 3.62. The van der Waals surface area contributed by atoms with Crippen molar-refractivity contribution in [2.75, 3.05) is 14.2 Å². The molecule has 0 unspecified atom stereocenters. The van der Waals surface area contributed by atoms with E-state index >= 15 is 0 Å². The number of methoxy groups -OCH3 is 2. The number of primary amides is 1. The number of hydrogen-bond donors (Lipinski definition) is 2. The van der Waals surface area contributed by atoms with Crippen molar-refractivity contribution < 1.29 is 33.8 Å². The van der Waals surface area contributed by atoms with Crippen molar-refractivity contribution in [3.05, 3.63) is 0 Å². The minimum Gasteiger partial charge on any atom is -0.481 e. The second-order valence-corrected chi connectivity index (χ2v) is 7.27. The number of carboxylic acids is 1. The van der Waals surface area contributed by atoms with Crippen LogP contribution in [0.2, 0.25) is 0 Å². The van der Waals surface area contributed by atoms with Crippen molar-refractivity contribution in [2.45, 2.75) is 84.5 Å². The fourth-order valence-electron chi connectivity index (χ4n) is 2.24. The van der Waals surface area contributed by atoms with E-state index in [9.17, 15) is 19.2 Å². The van der Waals surface area contributed by atoms with Crippen LogP contribution in [0.3, 0.4) is 0 Å². The molecular weight excluding hydrogens is 366 g/mol. The Morgan fingerprint density at radius 2 is 1.14 bits per heavy atom. The summed E-state index contributed by atoms with van der Waals surface area (Å²) in [5.74, 6) is -1.40.